The lowest BCUT2D eigenvalue weighted by Gasteiger charge is -2.24. The van der Waals surface area contributed by atoms with E-state index in [1.54, 1.807) is 0 Å². The summed E-state index contributed by atoms with van der Waals surface area (Å²) in [6.07, 6.45) is -2.23. The lowest BCUT2D eigenvalue weighted by atomic mass is 10.1. The van der Waals surface area contributed by atoms with Crippen molar-refractivity contribution in [2.24, 2.45) is 5.73 Å². The van der Waals surface area contributed by atoms with Gasteiger partial charge in [0, 0.05) is 5.75 Å². The van der Waals surface area contributed by atoms with Gasteiger partial charge in [0.2, 0.25) is 17.7 Å². The number of carboxylic acid groups (broad SMARTS) is 2. The Bertz CT molecular complexity index is 556. The summed E-state index contributed by atoms with van der Waals surface area (Å²) >= 11 is 3.81. The third-order valence-electron chi connectivity index (χ3n) is 3.02. The van der Waals surface area contributed by atoms with Crippen LogP contribution in [0.15, 0.2) is 0 Å². The van der Waals surface area contributed by atoms with Crippen LogP contribution < -0.4 is 21.7 Å². The molecule has 0 heterocycles. The van der Waals surface area contributed by atoms with Gasteiger partial charge >= 0.3 is 11.9 Å². The molecule has 0 aromatic heterocycles. The highest BCUT2D eigenvalue weighted by Gasteiger charge is 2.31. The largest absolute Gasteiger partial charge is 0.481 e. The van der Waals surface area contributed by atoms with Crippen molar-refractivity contribution in [3.8, 4) is 0 Å². The molecule has 0 bridgehead atoms. The van der Waals surface area contributed by atoms with Crippen LogP contribution in [-0.2, 0) is 24.0 Å². The molecule has 0 aliphatic rings. The summed E-state index contributed by atoms with van der Waals surface area (Å²) in [5.74, 6) is -5.70. The topological polar surface area (TPSA) is 208 Å². The third kappa shape index (κ3) is 8.64. The zero-order valence-corrected chi connectivity index (χ0v) is 14.7. The maximum atomic E-state index is 12.2. The molecule has 13 heteroatoms. The highest BCUT2D eigenvalue weighted by molar-refractivity contribution is 7.80. The second-order valence-corrected chi connectivity index (χ2v) is 5.65. The van der Waals surface area contributed by atoms with Crippen LogP contribution >= 0.6 is 12.6 Å². The van der Waals surface area contributed by atoms with E-state index in [9.17, 15) is 29.1 Å². The number of nitrogens with two attached hydrogens (primary N) is 1. The molecule has 0 aromatic rings. The van der Waals surface area contributed by atoms with E-state index in [0.717, 1.165) is 6.92 Å². The first kappa shape index (κ1) is 23.6. The van der Waals surface area contributed by atoms with Gasteiger partial charge in [0.25, 0.3) is 0 Å². The van der Waals surface area contributed by atoms with E-state index in [1.807, 2.05) is 5.32 Å². The maximum absolute atomic E-state index is 12.2. The number of hydrogen-bond donors (Lipinski definition) is 8. The van der Waals surface area contributed by atoms with E-state index in [1.165, 1.54) is 0 Å². The number of carbonyl (C=O) groups is 5. The Hall–Kier alpha value is -2.38. The summed E-state index contributed by atoms with van der Waals surface area (Å²) in [5.41, 5.74) is 5.43. The molecule has 4 atom stereocenters. The SMILES string of the molecule is CC(O)C(NC(=O)C(CC(=O)O)NC(=O)C(N)CS)C(=O)NCC(=O)O. The first-order valence-electron chi connectivity index (χ1n) is 7.36. The van der Waals surface area contributed by atoms with E-state index >= 15 is 0 Å². The Morgan fingerprint density at radius 2 is 1.58 bits per heavy atom. The number of rotatable bonds is 11. The smallest absolute Gasteiger partial charge is 0.322 e. The average Bonchev–Trinajstić information content (AvgIpc) is 2.54. The number of aliphatic hydroxyl groups is 1. The van der Waals surface area contributed by atoms with Gasteiger partial charge < -0.3 is 37.0 Å². The predicted molar refractivity (Wildman–Crippen MR) is 90.3 cm³/mol. The van der Waals surface area contributed by atoms with Gasteiger partial charge in [-0.1, -0.05) is 0 Å². The van der Waals surface area contributed by atoms with Crippen LogP contribution in [-0.4, -0.2) is 81.5 Å². The first-order valence-corrected chi connectivity index (χ1v) is 7.99. The third-order valence-corrected chi connectivity index (χ3v) is 3.42. The number of nitrogens with one attached hydrogen (secondary N) is 3. The second-order valence-electron chi connectivity index (χ2n) is 5.29. The molecule has 148 valence electrons. The van der Waals surface area contributed by atoms with Gasteiger partial charge in [0.15, 0.2) is 0 Å². The van der Waals surface area contributed by atoms with Crippen LogP contribution in [0.2, 0.25) is 0 Å². The molecule has 0 saturated carbocycles. The highest BCUT2D eigenvalue weighted by atomic mass is 32.1. The number of amides is 3. The van der Waals surface area contributed by atoms with Crippen molar-refractivity contribution in [3.05, 3.63) is 0 Å². The molecule has 12 nitrogen and oxygen atoms in total. The van der Waals surface area contributed by atoms with Crippen molar-refractivity contribution in [2.75, 3.05) is 12.3 Å². The molecule has 0 rings (SSSR count). The minimum atomic E-state index is -1.57. The van der Waals surface area contributed by atoms with Gasteiger partial charge in [0.1, 0.15) is 18.6 Å². The number of carboxylic acids is 2. The van der Waals surface area contributed by atoms with Gasteiger partial charge in [-0.3, -0.25) is 24.0 Å². The fraction of sp³-hybridized carbons (Fsp3) is 0.615. The molecule has 0 radical (unpaired) electrons. The van der Waals surface area contributed by atoms with Crippen LogP contribution in [0.3, 0.4) is 0 Å². The Kier molecular flexibility index (Phi) is 10.2. The summed E-state index contributed by atoms with van der Waals surface area (Å²) < 4.78 is 0. The Balaban J connectivity index is 5.15. The highest BCUT2D eigenvalue weighted by Crippen LogP contribution is 2.00. The molecule has 0 spiro atoms. The second kappa shape index (κ2) is 11.3. The van der Waals surface area contributed by atoms with Crippen LogP contribution in [0.1, 0.15) is 13.3 Å². The van der Waals surface area contributed by atoms with E-state index in [4.69, 9.17) is 15.9 Å². The summed E-state index contributed by atoms with van der Waals surface area (Å²) in [5, 5.41) is 33.2. The Labute approximate surface area is 153 Å². The van der Waals surface area contributed by atoms with Crippen LogP contribution in [0.5, 0.6) is 0 Å². The summed E-state index contributed by atoms with van der Waals surface area (Å²) in [6.45, 7) is 0.414. The minimum absolute atomic E-state index is 0.0544. The lowest BCUT2D eigenvalue weighted by Crippen LogP contribution is -2.59. The molecule has 8 N–H and O–H groups in total. The zero-order valence-electron chi connectivity index (χ0n) is 13.8. The molecule has 26 heavy (non-hydrogen) atoms. The molecule has 4 unspecified atom stereocenters. The molecule has 0 saturated heterocycles. The fourth-order valence-corrected chi connectivity index (χ4v) is 1.84. The Morgan fingerprint density at radius 1 is 1.00 bits per heavy atom. The monoisotopic (exact) mass is 394 g/mol. The first-order chi connectivity index (χ1) is 12.0. The summed E-state index contributed by atoms with van der Waals surface area (Å²) in [7, 11) is 0. The molecular formula is C13H22N4O8S. The van der Waals surface area contributed by atoms with Crippen molar-refractivity contribution in [2.45, 2.75) is 37.6 Å². The van der Waals surface area contributed by atoms with Gasteiger partial charge in [-0.25, -0.2) is 0 Å². The minimum Gasteiger partial charge on any atom is -0.481 e. The van der Waals surface area contributed by atoms with Gasteiger partial charge in [-0.05, 0) is 6.92 Å². The standard InChI is InChI=1S/C13H22N4O8S/c1-5(18)10(13(25)15-3-9(21)22)17-12(24)7(2-8(19)20)16-11(23)6(14)4-26/h5-7,10,18,26H,2-4,14H2,1H3,(H,15,25)(H,16,23)(H,17,24)(H,19,20)(H,21,22). The molecule has 3 amide bonds. The van der Waals surface area contributed by atoms with Crippen molar-refractivity contribution >= 4 is 42.3 Å². The van der Waals surface area contributed by atoms with Gasteiger partial charge in [-0.2, -0.15) is 12.6 Å². The number of thiol groups is 1. The molecule has 0 aromatic carbocycles. The van der Waals surface area contributed by atoms with Crippen molar-refractivity contribution in [3.63, 3.8) is 0 Å². The number of hydrogen-bond acceptors (Lipinski definition) is 8. The lowest BCUT2D eigenvalue weighted by molar-refractivity contribution is -0.142. The van der Waals surface area contributed by atoms with Crippen molar-refractivity contribution < 1.29 is 39.3 Å². The van der Waals surface area contributed by atoms with Crippen molar-refractivity contribution in [1.82, 2.24) is 16.0 Å². The van der Waals surface area contributed by atoms with Gasteiger partial charge in [0.05, 0.1) is 18.6 Å². The number of aliphatic carboxylic acids is 2. The number of carbonyl (C=O) groups excluding carboxylic acids is 3. The summed E-state index contributed by atoms with van der Waals surface area (Å²) in [4.78, 5) is 57.2. The van der Waals surface area contributed by atoms with Crippen LogP contribution in [0.25, 0.3) is 0 Å². The predicted octanol–water partition coefficient (Wildman–Crippen LogP) is -3.73. The average molecular weight is 394 g/mol. The fourth-order valence-electron chi connectivity index (χ4n) is 1.68. The van der Waals surface area contributed by atoms with Crippen molar-refractivity contribution in [1.29, 1.82) is 0 Å². The molecular weight excluding hydrogens is 372 g/mol. The molecule has 0 aliphatic carbocycles. The van der Waals surface area contributed by atoms with Gasteiger partial charge in [-0.15, -0.1) is 0 Å². The van der Waals surface area contributed by atoms with E-state index < -0.39 is 66.9 Å². The molecule has 0 aliphatic heterocycles. The van der Waals surface area contributed by atoms with E-state index in [0.29, 0.717) is 0 Å². The molecule has 0 fully saturated rings. The van der Waals surface area contributed by atoms with E-state index in [2.05, 4.69) is 23.3 Å². The maximum Gasteiger partial charge on any atom is 0.322 e. The zero-order chi connectivity index (χ0) is 20.4. The normalized spacial score (nSPS) is 15.1. The van der Waals surface area contributed by atoms with Crippen LogP contribution in [0.4, 0.5) is 0 Å². The summed E-state index contributed by atoms with van der Waals surface area (Å²) in [6, 6.07) is -4.22. The van der Waals surface area contributed by atoms with E-state index in [-0.39, 0.29) is 5.75 Å². The quantitative estimate of drug-likeness (QED) is 0.162. The number of aliphatic hydroxyl groups excluding tert-OH is 1. The van der Waals surface area contributed by atoms with Crippen LogP contribution in [0, 0.1) is 0 Å². The Morgan fingerprint density at radius 3 is 2.00 bits per heavy atom.